The third kappa shape index (κ3) is 4.65. The number of halogens is 1. The van der Waals surface area contributed by atoms with Crippen molar-refractivity contribution in [1.82, 2.24) is 4.90 Å². The van der Waals surface area contributed by atoms with Crippen LogP contribution in [0, 0.1) is 5.82 Å². The van der Waals surface area contributed by atoms with Crippen molar-refractivity contribution < 1.29 is 14.3 Å². The number of rotatable bonds is 6. The molecule has 3 rings (SSSR count). The van der Waals surface area contributed by atoms with Gasteiger partial charge in [0, 0.05) is 6.04 Å². The first kappa shape index (κ1) is 17.6. The number of carbonyl (C=O) groups excluding carboxylic acids is 1. The first-order chi connectivity index (χ1) is 12.1. The number of aliphatic hydroxyl groups excluding tert-OH is 1. The fourth-order valence-electron chi connectivity index (χ4n) is 3.38. The summed E-state index contributed by atoms with van der Waals surface area (Å²) in [6.07, 6.45) is 2.01. The quantitative estimate of drug-likeness (QED) is 0.846. The van der Waals surface area contributed by atoms with Crippen LogP contribution >= 0.6 is 0 Å². The van der Waals surface area contributed by atoms with E-state index < -0.39 is 11.9 Å². The number of anilines is 1. The molecule has 1 amide bonds. The van der Waals surface area contributed by atoms with E-state index in [1.165, 1.54) is 6.07 Å². The van der Waals surface area contributed by atoms with Crippen LogP contribution < -0.4 is 5.32 Å². The van der Waals surface area contributed by atoms with Gasteiger partial charge in [0.1, 0.15) is 5.82 Å². The fraction of sp³-hybridized carbons (Fsp3) is 0.350. The van der Waals surface area contributed by atoms with Crippen molar-refractivity contribution in [2.24, 2.45) is 0 Å². The molecule has 0 bridgehead atoms. The van der Waals surface area contributed by atoms with E-state index in [4.69, 9.17) is 0 Å². The van der Waals surface area contributed by atoms with Crippen LogP contribution in [0.4, 0.5) is 10.1 Å². The standard InChI is InChI=1S/C20H23FN2O2/c21-17-10-4-5-11-18(17)22-20(25)14-23-12-6-9-16(23)13-19(24)15-7-2-1-3-8-15/h1-5,7-8,10-11,16,19,24H,6,9,12-14H2,(H,22,25). The van der Waals surface area contributed by atoms with Crippen LogP contribution in [0.1, 0.15) is 30.9 Å². The summed E-state index contributed by atoms with van der Waals surface area (Å²) < 4.78 is 13.6. The Bertz CT molecular complexity index is 708. The summed E-state index contributed by atoms with van der Waals surface area (Å²) in [7, 11) is 0. The number of amides is 1. The van der Waals surface area contributed by atoms with Crippen molar-refractivity contribution in [3.05, 3.63) is 66.0 Å². The Morgan fingerprint density at radius 3 is 2.68 bits per heavy atom. The molecule has 2 unspecified atom stereocenters. The van der Waals surface area contributed by atoms with Crippen LogP contribution in [0.3, 0.4) is 0 Å². The summed E-state index contributed by atoms with van der Waals surface area (Å²) in [5, 5.41) is 13.1. The average Bonchev–Trinajstić information content (AvgIpc) is 3.04. The van der Waals surface area contributed by atoms with E-state index in [9.17, 15) is 14.3 Å². The van der Waals surface area contributed by atoms with Gasteiger partial charge in [0.15, 0.2) is 0 Å². The first-order valence-corrected chi connectivity index (χ1v) is 8.65. The molecular formula is C20H23FN2O2. The smallest absolute Gasteiger partial charge is 0.238 e. The Morgan fingerprint density at radius 2 is 1.92 bits per heavy atom. The van der Waals surface area contributed by atoms with Gasteiger partial charge in [-0.2, -0.15) is 0 Å². The van der Waals surface area contributed by atoms with Gasteiger partial charge in [0.05, 0.1) is 18.3 Å². The minimum absolute atomic E-state index is 0.154. The maximum Gasteiger partial charge on any atom is 0.238 e. The van der Waals surface area contributed by atoms with Gasteiger partial charge in [-0.3, -0.25) is 9.69 Å². The number of nitrogens with one attached hydrogen (secondary N) is 1. The molecular weight excluding hydrogens is 319 g/mol. The molecule has 1 heterocycles. The lowest BCUT2D eigenvalue weighted by atomic mass is 10.0. The summed E-state index contributed by atoms with van der Waals surface area (Å²) in [5.41, 5.74) is 1.10. The Labute approximate surface area is 147 Å². The number of hydrogen-bond acceptors (Lipinski definition) is 3. The average molecular weight is 342 g/mol. The van der Waals surface area contributed by atoms with Crippen molar-refractivity contribution in [3.63, 3.8) is 0 Å². The Morgan fingerprint density at radius 1 is 1.20 bits per heavy atom. The van der Waals surface area contributed by atoms with Crippen molar-refractivity contribution in [1.29, 1.82) is 0 Å². The highest BCUT2D eigenvalue weighted by molar-refractivity contribution is 5.92. The Kier molecular flexibility index (Phi) is 5.79. The SMILES string of the molecule is O=C(CN1CCCC1CC(O)c1ccccc1)Nc1ccccc1F. The maximum atomic E-state index is 13.6. The lowest BCUT2D eigenvalue weighted by molar-refractivity contribution is -0.117. The van der Waals surface area contributed by atoms with E-state index in [1.54, 1.807) is 18.2 Å². The molecule has 0 aliphatic carbocycles. The Balaban J connectivity index is 1.56. The molecule has 1 aliphatic heterocycles. The molecule has 1 aliphatic rings. The van der Waals surface area contributed by atoms with E-state index in [1.807, 2.05) is 30.3 Å². The zero-order valence-electron chi connectivity index (χ0n) is 14.1. The largest absolute Gasteiger partial charge is 0.388 e. The number of para-hydroxylation sites is 1. The highest BCUT2D eigenvalue weighted by Gasteiger charge is 2.28. The van der Waals surface area contributed by atoms with Crippen LogP contribution in [-0.2, 0) is 4.79 Å². The molecule has 0 spiro atoms. The maximum absolute atomic E-state index is 13.6. The minimum atomic E-state index is -0.540. The number of likely N-dealkylation sites (tertiary alicyclic amines) is 1. The zero-order chi connectivity index (χ0) is 17.6. The number of nitrogens with zero attached hydrogens (tertiary/aromatic N) is 1. The number of carbonyl (C=O) groups is 1. The molecule has 5 heteroatoms. The van der Waals surface area contributed by atoms with Gasteiger partial charge in [-0.25, -0.2) is 4.39 Å². The van der Waals surface area contributed by atoms with Crippen LogP contribution in [0.25, 0.3) is 0 Å². The molecule has 4 nitrogen and oxygen atoms in total. The van der Waals surface area contributed by atoms with E-state index in [-0.39, 0.29) is 24.2 Å². The molecule has 0 aromatic heterocycles. The summed E-state index contributed by atoms with van der Waals surface area (Å²) >= 11 is 0. The summed E-state index contributed by atoms with van der Waals surface area (Å²) in [5.74, 6) is -0.667. The highest BCUT2D eigenvalue weighted by Crippen LogP contribution is 2.27. The first-order valence-electron chi connectivity index (χ1n) is 8.65. The lowest BCUT2D eigenvalue weighted by Crippen LogP contribution is -2.37. The van der Waals surface area contributed by atoms with E-state index in [0.29, 0.717) is 6.42 Å². The molecule has 2 aromatic carbocycles. The monoisotopic (exact) mass is 342 g/mol. The summed E-state index contributed by atoms with van der Waals surface area (Å²) in [6, 6.07) is 15.9. The van der Waals surface area contributed by atoms with Crippen LogP contribution in [-0.4, -0.2) is 35.0 Å². The molecule has 132 valence electrons. The highest BCUT2D eigenvalue weighted by atomic mass is 19.1. The molecule has 2 atom stereocenters. The molecule has 2 N–H and O–H groups in total. The van der Waals surface area contributed by atoms with Crippen LogP contribution in [0.5, 0.6) is 0 Å². The molecule has 1 saturated heterocycles. The van der Waals surface area contributed by atoms with Crippen molar-refractivity contribution in [2.75, 3.05) is 18.4 Å². The van der Waals surface area contributed by atoms with Crippen molar-refractivity contribution in [3.8, 4) is 0 Å². The van der Waals surface area contributed by atoms with Crippen molar-refractivity contribution >= 4 is 11.6 Å². The van der Waals surface area contributed by atoms with Gasteiger partial charge < -0.3 is 10.4 Å². The van der Waals surface area contributed by atoms with E-state index in [2.05, 4.69) is 10.2 Å². The second kappa shape index (κ2) is 8.23. The van der Waals surface area contributed by atoms with Gasteiger partial charge in [-0.1, -0.05) is 42.5 Å². The second-order valence-electron chi connectivity index (χ2n) is 6.46. The number of benzene rings is 2. The summed E-state index contributed by atoms with van der Waals surface area (Å²) in [4.78, 5) is 14.3. The normalized spacial score (nSPS) is 18.9. The van der Waals surface area contributed by atoms with Crippen LogP contribution in [0.15, 0.2) is 54.6 Å². The molecule has 25 heavy (non-hydrogen) atoms. The zero-order valence-corrected chi connectivity index (χ0v) is 14.1. The van der Waals surface area contributed by atoms with Crippen LogP contribution in [0.2, 0.25) is 0 Å². The predicted molar refractivity (Wildman–Crippen MR) is 95.6 cm³/mol. The van der Waals surface area contributed by atoms with Gasteiger partial charge in [0.25, 0.3) is 0 Å². The van der Waals surface area contributed by atoms with Gasteiger partial charge in [0.2, 0.25) is 5.91 Å². The van der Waals surface area contributed by atoms with E-state index in [0.717, 1.165) is 24.9 Å². The van der Waals surface area contributed by atoms with Gasteiger partial charge >= 0.3 is 0 Å². The van der Waals surface area contributed by atoms with Crippen molar-refractivity contribution in [2.45, 2.75) is 31.4 Å². The van der Waals surface area contributed by atoms with Gasteiger partial charge in [-0.05, 0) is 43.5 Å². The predicted octanol–water partition coefficient (Wildman–Crippen LogP) is 3.35. The topological polar surface area (TPSA) is 52.6 Å². The summed E-state index contributed by atoms with van der Waals surface area (Å²) in [6.45, 7) is 1.03. The molecule has 1 fully saturated rings. The minimum Gasteiger partial charge on any atom is -0.388 e. The Hall–Kier alpha value is -2.24. The second-order valence-corrected chi connectivity index (χ2v) is 6.46. The lowest BCUT2D eigenvalue weighted by Gasteiger charge is -2.26. The number of hydrogen-bond donors (Lipinski definition) is 2. The third-order valence-corrected chi connectivity index (χ3v) is 4.67. The third-order valence-electron chi connectivity index (χ3n) is 4.67. The number of aliphatic hydroxyl groups is 1. The fourth-order valence-corrected chi connectivity index (χ4v) is 3.38. The molecule has 2 aromatic rings. The van der Waals surface area contributed by atoms with E-state index >= 15 is 0 Å². The van der Waals surface area contributed by atoms with Gasteiger partial charge in [-0.15, -0.1) is 0 Å². The molecule has 0 saturated carbocycles. The molecule has 0 radical (unpaired) electrons.